The smallest absolute Gasteiger partial charge is 0.416 e. The highest BCUT2D eigenvalue weighted by molar-refractivity contribution is 5.93. The summed E-state index contributed by atoms with van der Waals surface area (Å²) in [6, 6.07) is 13.9. The van der Waals surface area contributed by atoms with Crippen LogP contribution < -0.4 is 10.1 Å². The molecule has 2 aromatic carbocycles. The summed E-state index contributed by atoms with van der Waals surface area (Å²) < 4.78 is 44.5. The maximum Gasteiger partial charge on any atom is 0.416 e. The monoisotopic (exact) mass is 389 g/mol. The number of hydrogen-bond acceptors (Lipinski definition) is 3. The molecule has 0 fully saturated rings. The minimum atomic E-state index is -4.48. The maximum absolute atomic E-state index is 13.0. The molecule has 2 N–H and O–H groups in total. The number of H-pyrrole nitrogens is 1. The number of aromatic nitrogens is 2. The molecule has 0 unspecified atom stereocenters. The standard InChI is InChI=1S/C20H18F3N3O2/c1-2-28-15-9-7-13(8-10-15)17-11-18(26-25-17)19(27)24-12-14-5-3-4-6-16(14)20(21,22)23/h3-11H,2,12H2,1H3,(H,24,27)(H,25,26). The van der Waals surface area contributed by atoms with E-state index < -0.39 is 17.6 Å². The van der Waals surface area contributed by atoms with Gasteiger partial charge in [0, 0.05) is 12.1 Å². The van der Waals surface area contributed by atoms with Crippen molar-refractivity contribution in [2.75, 3.05) is 6.61 Å². The molecule has 8 heteroatoms. The van der Waals surface area contributed by atoms with Gasteiger partial charge in [-0.05, 0) is 48.9 Å². The van der Waals surface area contributed by atoms with Crippen molar-refractivity contribution in [3.63, 3.8) is 0 Å². The van der Waals surface area contributed by atoms with E-state index in [0.29, 0.717) is 12.3 Å². The lowest BCUT2D eigenvalue weighted by atomic mass is 10.1. The molecule has 0 aliphatic rings. The molecule has 28 heavy (non-hydrogen) atoms. The van der Waals surface area contributed by atoms with Gasteiger partial charge in [0.25, 0.3) is 5.91 Å². The van der Waals surface area contributed by atoms with Crippen LogP contribution in [-0.2, 0) is 12.7 Å². The fraction of sp³-hybridized carbons (Fsp3) is 0.200. The molecule has 1 amide bonds. The second-order valence-electron chi connectivity index (χ2n) is 5.96. The zero-order valence-corrected chi connectivity index (χ0v) is 15.0. The summed E-state index contributed by atoms with van der Waals surface area (Å²) in [5.41, 5.74) is 0.711. The van der Waals surface area contributed by atoms with Gasteiger partial charge in [-0.25, -0.2) is 0 Å². The highest BCUT2D eigenvalue weighted by atomic mass is 19.4. The molecule has 0 saturated heterocycles. The lowest BCUT2D eigenvalue weighted by molar-refractivity contribution is -0.138. The third kappa shape index (κ3) is 4.51. The number of benzene rings is 2. The average Bonchev–Trinajstić information content (AvgIpc) is 3.17. The molecule has 3 rings (SSSR count). The van der Waals surface area contributed by atoms with E-state index >= 15 is 0 Å². The number of nitrogens with zero attached hydrogens (tertiary/aromatic N) is 1. The highest BCUT2D eigenvalue weighted by Crippen LogP contribution is 2.31. The number of amides is 1. The van der Waals surface area contributed by atoms with Crippen LogP contribution in [0.2, 0.25) is 0 Å². The van der Waals surface area contributed by atoms with Gasteiger partial charge in [0.1, 0.15) is 11.4 Å². The van der Waals surface area contributed by atoms with E-state index in [0.717, 1.165) is 17.4 Å². The molecule has 0 spiro atoms. The number of carbonyl (C=O) groups excluding carboxylic acids is 1. The van der Waals surface area contributed by atoms with E-state index in [1.165, 1.54) is 18.2 Å². The number of halogens is 3. The van der Waals surface area contributed by atoms with E-state index in [1.807, 2.05) is 19.1 Å². The lowest BCUT2D eigenvalue weighted by Gasteiger charge is -2.12. The summed E-state index contributed by atoms with van der Waals surface area (Å²) in [6.07, 6.45) is -4.48. The SMILES string of the molecule is CCOc1ccc(-c2cc(C(=O)NCc3ccccc3C(F)(F)F)[nH]n2)cc1. The van der Waals surface area contributed by atoms with E-state index in [2.05, 4.69) is 15.5 Å². The van der Waals surface area contributed by atoms with Crippen molar-refractivity contribution in [2.45, 2.75) is 19.6 Å². The molecule has 0 radical (unpaired) electrons. The van der Waals surface area contributed by atoms with Gasteiger partial charge in [0.15, 0.2) is 0 Å². The fourth-order valence-corrected chi connectivity index (χ4v) is 2.70. The Labute approximate surface area is 159 Å². The number of aromatic amines is 1. The Kier molecular flexibility index (Phi) is 5.67. The Bertz CT molecular complexity index is 950. The predicted octanol–water partition coefficient (Wildman–Crippen LogP) is 4.42. The van der Waals surface area contributed by atoms with Crippen molar-refractivity contribution < 1.29 is 22.7 Å². The molecule has 0 saturated carbocycles. The van der Waals surface area contributed by atoms with E-state index in [-0.39, 0.29) is 17.8 Å². The summed E-state index contributed by atoms with van der Waals surface area (Å²) in [5.74, 6) is 0.185. The first-order valence-corrected chi connectivity index (χ1v) is 8.60. The molecule has 146 valence electrons. The van der Waals surface area contributed by atoms with Crippen LogP contribution in [0.5, 0.6) is 5.75 Å². The van der Waals surface area contributed by atoms with E-state index in [1.54, 1.807) is 18.2 Å². The van der Waals surface area contributed by atoms with Gasteiger partial charge in [-0.3, -0.25) is 9.89 Å². The van der Waals surface area contributed by atoms with Gasteiger partial charge in [0.2, 0.25) is 0 Å². The van der Waals surface area contributed by atoms with Crippen molar-refractivity contribution in [1.29, 1.82) is 0 Å². The van der Waals surface area contributed by atoms with Crippen LogP contribution in [0.3, 0.4) is 0 Å². The van der Waals surface area contributed by atoms with Crippen molar-refractivity contribution in [3.05, 3.63) is 71.4 Å². The van der Waals surface area contributed by atoms with Gasteiger partial charge in [-0.2, -0.15) is 18.3 Å². The largest absolute Gasteiger partial charge is 0.494 e. The van der Waals surface area contributed by atoms with Crippen molar-refractivity contribution in [1.82, 2.24) is 15.5 Å². The minimum Gasteiger partial charge on any atom is -0.494 e. The molecule has 5 nitrogen and oxygen atoms in total. The summed E-state index contributed by atoms with van der Waals surface area (Å²) in [5, 5.41) is 9.19. The van der Waals surface area contributed by atoms with Crippen LogP contribution in [0.25, 0.3) is 11.3 Å². The fourth-order valence-electron chi connectivity index (χ4n) is 2.70. The second kappa shape index (κ2) is 8.16. The van der Waals surface area contributed by atoms with Crippen molar-refractivity contribution >= 4 is 5.91 Å². The zero-order chi connectivity index (χ0) is 20.1. The summed E-state index contributed by atoms with van der Waals surface area (Å²) >= 11 is 0. The minimum absolute atomic E-state index is 0.00500. The second-order valence-corrected chi connectivity index (χ2v) is 5.96. The Balaban J connectivity index is 1.68. The first-order chi connectivity index (χ1) is 13.4. The third-order valence-electron chi connectivity index (χ3n) is 4.05. The van der Waals surface area contributed by atoms with Crippen molar-refractivity contribution in [3.8, 4) is 17.0 Å². The third-order valence-corrected chi connectivity index (χ3v) is 4.05. The van der Waals surface area contributed by atoms with Crippen molar-refractivity contribution in [2.24, 2.45) is 0 Å². The number of rotatable bonds is 6. The number of carbonyl (C=O) groups is 1. The molecule has 0 bridgehead atoms. The predicted molar refractivity (Wildman–Crippen MR) is 97.8 cm³/mol. The van der Waals surface area contributed by atoms with Crippen LogP contribution >= 0.6 is 0 Å². The van der Waals surface area contributed by atoms with Gasteiger partial charge in [-0.1, -0.05) is 18.2 Å². The van der Waals surface area contributed by atoms with E-state index in [4.69, 9.17) is 4.74 Å². The Morgan fingerprint density at radius 1 is 1.14 bits per heavy atom. The van der Waals surface area contributed by atoms with Gasteiger partial charge >= 0.3 is 6.18 Å². The lowest BCUT2D eigenvalue weighted by Crippen LogP contribution is -2.24. The normalized spacial score (nSPS) is 11.3. The average molecular weight is 389 g/mol. The quantitative estimate of drug-likeness (QED) is 0.656. The Hall–Kier alpha value is -3.29. The van der Waals surface area contributed by atoms with Gasteiger partial charge < -0.3 is 10.1 Å². The molecular formula is C20H18F3N3O2. The van der Waals surface area contributed by atoms with Gasteiger partial charge in [0.05, 0.1) is 17.9 Å². The van der Waals surface area contributed by atoms with Crippen LogP contribution in [0.4, 0.5) is 13.2 Å². The zero-order valence-electron chi connectivity index (χ0n) is 15.0. The molecular weight excluding hydrogens is 371 g/mol. The first kappa shape index (κ1) is 19.5. The van der Waals surface area contributed by atoms with Crippen LogP contribution in [0.15, 0.2) is 54.6 Å². The number of alkyl halides is 3. The molecule has 3 aromatic rings. The topological polar surface area (TPSA) is 67.0 Å². The maximum atomic E-state index is 13.0. The molecule has 0 aliphatic carbocycles. The number of ether oxygens (including phenoxy) is 1. The van der Waals surface area contributed by atoms with Crippen LogP contribution in [0.1, 0.15) is 28.5 Å². The summed E-state index contributed by atoms with van der Waals surface area (Å²) in [7, 11) is 0. The van der Waals surface area contributed by atoms with Gasteiger partial charge in [-0.15, -0.1) is 0 Å². The Morgan fingerprint density at radius 3 is 2.54 bits per heavy atom. The number of hydrogen-bond donors (Lipinski definition) is 2. The number of nitrogens with one attached hydrogen (secondary N) is 2. The molecule has 1 heterocycles. The van der Waals surface area contributed by atoms with Crippen LogP contribution in [-0.4, -0.2) is 22.7 Å². The first-order valence-electron chi connectivity index (χ1n) is 8.60. The highest BCUT2D eigenvalue weighted by Gasteiger charge is 2.32. The molecule has 0 atom stereocenters. The van der Waals surface area contributed by atoms with Crippen LogP contribution in [0, 0.1) is 0 Å². The Morgan fingerprint density at radius 2 is 1.86 bits per heavy atom. The molecule has 0 aliphatic heterocycles. The summed E-state index contributed by atoms with van der Waals surface area (Å²) in [4.78, 5) is 12.3. The summed E-state index contributed by atoms with van der Waals surface area (Å²) in [6.45, 7) is 2.20. The van der Waals surface area contributed by atoms with E-state index in [9.17, 15) is 18.0 Å². The molecule has 1 aromatic heterocycles.